The Bertz CT molecular complexity index is 196. The fraction of sp³-hybridized carbons (Fsp3) is 0.667. The predicted octanol–water partition coefficient (Wildman–Crippen LogP) is -0.769. The standard InChI is InChI=1S/C6H9NO4S/c8-4(9)6(5(10)11)3-7-1-2-12-6/h7H,1-3H2,(H,8,9)(H,10,11). The Labute approximate surface area is 73.1 Å². The first kappa shape index (κ1) is 9.34. The van der Waals surface area contributed by atoms with Crippen LogP contribution >= 0.6 is 11.8 Å². The first-order chi connectivity index (χ1) is 5.59. The normalized spacial score (nSPS) is 21.7. The third kappa shape index (κ3) is 1.39. The summed E-state index contributed by atoms with van der Waals surface area (Å²) in [5, 5.41) is 20.2. The molecule has 1 fully saturated rings. The average molecular weight is 191 g/mol. The maximum Gasteiger partial charge on any atom is 0.332 e. The van der Waals surface area contributed by atoms with Crippen molar-refractivity contribution in [3.05, 3.63) is 0 Å². The van der Waals surface area contributed by atoms with Gasteiger partial charge in [0.25, 0.3) is 0 Å². The molecular weight excluding hydrogens is 182 g/mol. The van der Waals surface area contributed by atoms with E-state index in [0.29, 0.717) is 12.3 Å². The van der Waals surface area contributed by atoms with Crippen molar-refractivity contribution in [1.29, 1.82) is 0 Å². The fourth-order valence-electron chi connectivity index (χ4n) is 0.979. The van der Waals surface area contributed by atoms with Crippen LogP contribution in [0.25, 0.3) is 0 Å². The van der Waals surface area contributed by atoms with Gasteiger partial charge in [0.2, 0.25) is 4.75 Å². The van der Waals surface area contributed by atoms with E-state index in [2.05, 4.69) is 5.32 Å². The molecular formula is C6H9NO4S. The van der Waals surface area contributed by atoms with Gasteiger partial charge in [-0.05, 0) is 0 Å². The van der Waals surface area contributed by atoms with E-state index in [1.165, 1.54) is 0 Å². The molecule has 5 nitrogen and oxygen atoms in total. The summed E-state index contributed by atoms with van der Waals surface area (Å²) in [6.45, 7) is 0.648. The minimum Gasteiger partial charge on any atom is -0.480 e. The van der Waals surface area contributed by atoms with Crippen LogP contribution in [-0.4, -0.2) is 45.7 Å². The molecule has 0 aliphatic carbocycles. The van der Waals surface area contributed by atoms with Crippen LogP contribution in [0.1, 0.15) is 0 Å². The number of thioether (sulfide) groups is 1. The van der Waals surface area contributed by atoms with E-state index in [0.717, 1.165) is 11.8 Å². The molecule has 0 atom stereocenters. The Kier molecular flexibility index (Phi) is 2.58. The van der Waals surface area contributed by atoms with Crippen molar-refractivity contribution in [2.45, 2.75) is 4.75 Å². The quantitative estimate of drug-likeness (QED) is 0.497. The molecule has 1 rings (SSSR count). The maximum absolute atomic E-state index is 10.7. The lowest BCUT2D eigenvalue weighted by molar-refractivity contribution is -0.151. The first-order valence-electron chi connectivity index (χ1n) is 3.41. The van der Waals surface area contributed by atoms with Gasteiger partial charge >= 0.3 is 11.9 Å². The second kappa shape index (κ2) is 3.32. The fourth-order valence-corrected chi connectivity index (χ4v) is 2.02. The van der Waals surface area contributed by atoms with Gasteiger partial charge in [0, 0.05) is 18.8 Å². The third-order valence-electron chi connectivity index (χ3n) is 1.69. The second-order valence-electron chi connectivity index (χ2n) is 2.46. The van der Waals surface area contributed by atoms with Gasteiger partial charge in [-0.1, -0.05) is 0 Å². The number of aliphatic carboxylic acids is 2. The zero-order chi connectivity index (χ0) is 9.19. The molecule has 0 radical (unpaired) electrons. The molecule has 12 heavy (non-hydrogen) atoms. The summed E-state index contributed by atoms with van der Waals surface area (Å²) in [4.78, 5) is 21.4. The Balaban J connectivity index is 2.84. The summed E-state index contributed by atoms with van der Waals surface area (Å²) in [6, 6.07) is 0. The lowest BCUT2D eigenvalue weighted by atomic mass is 10.1. The number of rotatable bonds is 2. The SMILES string of the molecule is O=C(O)C1(C(=O)O)CNCCS1. The second-order valence-corrected chi connectivity index (χ2v) is 3.86. The van der Waals surface area contributed by atoms with E-state index in [-0.39, 0.29) is 6.54 Å². The molecule has 0 aromatic heterocycles. The lowest BCUT2D eigenvalue weighted by Gasteiger charge is -2.28. The van der Waals surface area contributed by atoms with E-state index in [1.54, 1.807) is 0 Å². The molecule has 0 spiro atoms. The van der Waals surface area contributed by atoms with Crippen molar-refractivity contribution in [2.75, 3.05) is 18.8 Å². The molecule has 0 bridgehead atoms. The van der Waals surface area contributed by atoms with Gasteiger partial charge in [0.05, 0.1) is 0 Å². The number of carbonyl (C=O) groups is 2. The van der Waals surface area contributed by atoms with Crippen LogP contribution in [-0.2, 0) is 9.59 Å². The van der Waals surface area contributed by atoms with Gasteiger partial charge in [-0.25, -0.2) is 0 Å². The van der Waals surface area contributed by atoms with E-state index < -0.39 is 16.7 Å². The molecule has 0 aromatic carbocycles. The average Bonchev–Trinajstić information content (AvgIpc) is 2.05. The Hall–Kier alpha value is -0.750. The first-order valence-corrected chi connectivity index (χ1v) is 4.39. The van der Waals surface area contributed by atoms with E-state index in [9.17, 15) is 9.59 Å². The highest BCUT2D eigenvalue weighted by atomic mass is 32.2. The molecule has 1 aliphatic rings. The zero-order valence-corrected chi connectivity index (χ0v) is 7.06. The zero-order valence-electron chi connectivity index (χ0n) is 6.24. The smallest absolute Gasteiger partial charge is 0.332 e. The topological polar surface area (TPSA) is 86.6 Å². The predicted molar refractivity (Wildman–Crippen MR) is 43.3 cm³/mol. The summed E-state index contributed by atoms with van der Waals surface area (Å²) < 4.78 is -1.68. The lowest BCUT2D eigenvalue weighted by Crippen LogP contribution is -2.54. The highest BCUT2D eigenvalue weighted by Gasteiger charge is 2.48. The summed E-state index contributed by atoms with van der Waals surface area (Å²) in [5.74, 6) is -2.06. The summed E-state index contributed by atoms with van der Waals surface area (Å²) in [6.07, 6.45) is 0. The molecule has 1 heterocycles. The number of hydrogen-bond donors (Lipinski definition) is 3. The van der Waals surface area contributed by atoms with Crippen molar-refractivity contribution in [3.8, 4) is 0 Å². The number of carboxylic acid groups (broad SMARTS) is 2. The molecule has 3 N–H and O–H groups in total. The van der Waals surface area contributed by atoms with E-state index in [1.807, 2.05) is 0 Å². The van der Waals surface area contributed by atoms with Crippen molar-refractivity contribution < 1.29 is 19.8 Å². The van der Waals surface area contributed by atoms with Crippen LogP contribution in [0.2, 0.25) is 0 Å². The minimum atomic E-state index is -1.68. The van der Waals surface area contributed by atoms with E-state index >= 15 is 0 Å². The van der Waals surface area contributed by atoms with Gasteiger partial charge in [0.1, 0.15) is 0 Å². The molecule has 1 aliphatic heterocycles. The summed E-state index contributed by atoms with van der Waals surface area (Å²) in [7, 11) is 0. The van der Waals surface area contributed by atoms with Crippen molar-refractivity contribution in [1.82, 2.24) is 5.32 Å². The van der Waals surface area contributed by atoms with Gasteiger partial charge in [0.15, 0.2) is 0 Å². The van der Waals surface area contributed by atoms with E-state index in [4.69, 9.17) is 10.2 Å². The van der Waals surface area contributed by atoms with Gasteiger partial charge in [-0.3, -0.25) is 9.59 Å². The highest BCUT2D eigenvalue weighted by molar-refractivity contribution is 8.02. The molecule has 1 saturated heterocycles. The van der Waals surface area contributed by atoms with Crippen molar-refractivity contribution >= 4 is 23.7 Å². The van der Waals surface area contributed by atoms with Crippen LogP contribution in [0.15, 0.2) is 0 Å². The molecule has 0 saturated carbocycles. The monoisotopic (exact) mass is 191 g/mol. The summed E-state index contributed by atoms with van der Waals surface area (Å²) in [5.41, 5.74) is 0. The summed E-state index contributed by atoms with van der Waals surface area (Å²) >= 11 is 0.965. The number of hydrogen-bond acceptors (Lipinski definition) is 4. The Morgan fingerprint density at radius 1 is 1.33 bits per heavy atom. The van der Waals surface area contributed by atoms with Crippen molar-refractivity contribution in [2.24, 2.45) is 0 Å². The Morgan fingerprint density at radius 2 is 1.92 bits per heavy atom. The number of nitrogens with one attached hydrogen (secondary N) is 1. The molecule has 0 amide bonds. The third-order valence-corrected chi connectivity index (χ3v) is 3.09. The molecule has 6 heteroatoms. The van der Waals surface area contributed by atoms with Crippen LogP contribution in [0, 0.1) is 0 Å². The van der Waals surface area contributed by atoms with Crippen LogP contribution in [0.5, 0.6) is 0 Å². The molecule has 0 aromatic rings. The van der Waals surface area contributed by atoms with Gasteiger partial charge in [-0.2, -0.15) is 0 Å². The van der Waals surface area contributed by atoms with Crippen molar-refractivity contribution in [3.63, 3.8) is 0 Å². The Morgan fingerprint density at radius 3 is 2.17 bits per heavy atom. The molecule has 68 valence electrons. The molecule has 0 unspecified atom stereocenters. The van der Waals surface area contributed by atoms with Gasteiger partial charge < -0.3 is 15.5 Å². The van der Waals surface area contributed by atoms with Gasteiger partial charge in [-0.15, -0.1) is 11.8 Å². The highest BCUT2D eigenvalue weighted by Crippen LogP contribution is 2.27. The maximum atomic E-state index is 10.7. The van der Waals surface area contributed by atoms with Crippen LogP contribution in [0.3, 0.4) is 0 Å². The van der Waals surface area contributed by atoms with Crippen LogP contribution < -0.4 is 5.32 Å². The van der Waals surface area contributed by atoms with Crippen LogP contribution in [0.4, 0.5) is 0 Å². The number of carboxylic acids is 2. The minimum absolute atomic E-state index is 0.0116. The largest absolute Gasteiger partial charge is 0.480 e.